The Labute approximate surface area is 153 Å². The Balaban J connectivity index is 1.59. The molecular formula is C22H24N2O2. The molecule has 4 nitrogen and oxygen atoms in total. The number of aryl methyl sites for hydroxylation is 1. The van der Waals surface area contributed by atoms with Crippen molar-refractivity contribution >= 4 is 16.8 Å². The van der Waals surface area contributed by atoms with Crippen LogP contribution in [0.5, 0.6) is 0 Å². The zero-order chi connectivity index (χ0) is 18.5. The topological polar surface area (TPSA) is 62.0 Å². The monoisotopic (exact) mass is 348 g/mol. The Kier molecular flexibility index (Phi) is 5.52. The van der Waals surface area contributed by atoms with E-state index in [-0.39, 0.29) is 17.4 Å². The van der Waals surface area contributed by atoms with Gasteiger partial charge in [-0.2, -0.15) is 0 Å². The van der Waals surface area contributed by atoms with Gasteiger partial charge in [0.25, 0.3) is 5.56 Å². The molecule has 0 saturated carbocycles. The number of amides is 1. The average molecular weight is 348 g/mol. The molecule has 0 bridgehead atoms. The van der Waals surface area contributed by atoms with Gasteiger partial charge in [0, 0.05) is 23.5 Å². The van der Waals surface area contributed by atoms with Gasteiger partial charge in [0.1, 0.15) is 0 Å². The first-order valence-electron chi connectivity index (χ1n) is 8.97. The van der Waals surface area contributed by atoms with E-state index < -0.39 is 0 Å². The molecule has 3 rings (SSSR count). The summed E-state index contributed by atoms with van der Waals surface area (Å²) in [6.07, 6.45) is 1.23. The number of benzene rings is 2. The van der Waals surface area contributed by atoms with Gasteiger partial charge in [-0.25, -0.2) is 0 Å². The van der Waals surface area contributed by atoms with E-state index in [9.17, 15) is 9.59 Å². The fraction of sp³-hybridized carbons (Fsp3) is 0.273. The van der Waals surface area contributed by atoms with E-state index in [2.05, 4.69) is 16.4 Å². The normalized spacial score (nSPS) is 12.1. The van der Waals surface area contributed by atoms with Crippen molar-refractivity contribution in [2.75, 3.05) is 6.54 Å². The SMILES string of the molecule is Cc1ccc2[nH]c(=O)c(CCNC(=O)C(C)Cc3ccccc3)cc2c1. The Morgan fingerprint density at radius 1 is 1.12 bits per heavy atom. The minimum Gasteiger partial charge on any atom is -0.356 e. The van der Waals surface area contributed by atoms with Crippen molar-refractivity contribution in [3.05, 3.63) is 81.6 Å². The van der Waals surface area contributed by atoms with Crippen molar-refractivity contribution < 1.29 is 4.79 Å². The number of hydrogen-bond acceptors (Lipinski definition) is 2. The molecule has 1 amide bonds. The number of nitrogens with one attached hydrogen (secondary N) is 2. The van der Waals surface area contributed by atoms with Crippen LogP contribution in [0, 0.1) is 12.8 Å². The fourth-order valence-electron chi connectivity index (χ4n) is 3.11. The molecule has 0 aliphatic rings. The van der Waals surface area contributed by atoms with Crippen molar-refractivity contribution in [2.45, 2.75) is 26.7 Å². The molecule has 134 valence electrons. The molecule has 0 aliphatic heterocycles. The number of aromatic nitrogens is 1. The molecular weight excluding hydrogens is 324 g/mol. The summed E-state index contributed by atoms with van der Waals surface area (Å²) < 4.78 is 0. The first-order chi connectivity index (χ1) is 12.5. The second-order valence-electron chi connectivity index (χ2n) is 6.85. The number of carbonyl (C=O) groups is 1. The van der Waals surface area contributed by atoms with Crippen LogP contribution in [-0.2, 0) is 17.6 Å². The van der Waals surface area contributed by atoms with Crippen molar-refractivity contribution in [1.29, 1.82) is 0 Å². The Morgan fingerprint density at radius 2 is 1.88 bits per heavy atom. The molecule has 3 aromatic rings. The lowest BCUT2D eigenvalue weighted by Gasteiger charge is -2.12. The van der Waals surface area contributed by atoms with Crippen LogP contribution < -0.4 is 10.9 Å². The van der Waals surface area contributed by atoms with Gasteiger partial charge in [-0.05, 0) is 48.9 Å². The van der Waals surface area contributed by atoms with E-state index >= 15 is 0 Å². The summed E-state index contributed by atoms with van der Waals surface area (Å²) in [5.41, 5.74) is 3.74. The van der Waals surface area contributed by atoms with Gasteiger partial charge < -0.3 is 10.3 Å². The van der Waals surface area contributed by atoms with Gasteiger partial charge in [-0.3, -0.25) is 9.59 Å². The number of hydrogen-bond donors (Lipinski definition) is 2. The molecule has 0 aliphatic carbocycles. The highest BCUT2D eigenvalue weighted by atomic mass is 16.1. The molecule has 0 radical (unpaired) electrons. The number of carbonyl (C=O) groups excluding carboxylic acids is 1. The number of H-pyrrole nitrogens is 1. The van der Waals surface area contributed by atoms with E-state index in [1.165, 1.54) is 0 Å². The summed E-state index contributed by atoms with van der Waals surface area (Å²) in [6.45, 7) is 4.41. The summed E-state index contributed by atoms with van der Waals surface area (Å²) in [7, 11) is 0. The minimum absolute atomic E-state index is 0.0157. The van der Waals surface area contributed by atoms with Gasteiger partial charge in [-0.1, -0.05) is 48.9 Å². The van der Waals surface area contributed by atoms with Gasteiger partial charge in [0.15, 0.2) is 0 Å². The summed E-state index contributed by atoms with van der Waals surface area (Å²) in [6, 6.07) is 17.9. The summed E-state index contributed by atoms with van der Waals surface area (Å²) in [4.78, 5) is 27.4. The molecule has 0 spiro atoms. The molecule has 1 heterocycles. The zero-order valence-corrected chi connectivity index (χ0v) is 15.2. The Bertz CT molecular complexity index is 961. The van der Waals surface area contributed by atoms with Crippen molar-refractivity contribution in [3.8, 4) is 0 Å². The lowest BCUT2D eigenvalue weighted by molar-refractivity contribution is -0.124. The van der Waals surface area contributed by atoms with Crippen LogP contribution in [0.2, 0.25) is 0 Å². The lowest BCUT2D eigenvalue weighted by Crippen LogP contribution is -2.32. The van der Waals surface area contributed by atoms with Crippen molar-refractivity contribution in [2.24, 2.45) is 5.92 Å². The number of aromatic amines is 1. The van der Waals surface area contributed by atoms with E-state index in [0.29, 0.717) is 24.9 Å². The summed E-state index contributed by atoms with van der Waals surface area (Å²) in [5.74, 6) is -0.0862. The number of rotatable bonds is 6. The maximum atomic E-state index is 12.3. The van der Waals surface area contributed by atoms with E-state index in [4.69, 9.17) is 0 Å². The zero-order valence-electron chi connectivity index (χ0n) is 15.2. The van der Waals surface area contributed by atoms with Gasteiger partial charge in [-0.15, -0.1) is 0 Å². The standard InChI is InChI=1S/C22H24N2O2/c1-15-8-9-20-19(12-15)14-18(22(26)24-20)10-11-23-21(25)16(2)13-17-6-4-3-5-7-17/h3-9,12,14,16H,10-11,13H2,1-2H3,(H,23,25)(H,24,26). The average Bonchev–Trinajstić information content (AvgIpc) is 2.63. The van der Waals surface area contributed by atoms with Crippen molar-refractivity contribution in [3.63, 3.8) is 0 Å². The highest BCUT2D eigenvalue weighted by molar-refractivity contribution is 5.80. The van der Waals surface area contributed by atoms with E-state index in [1.54, 1.807) is 0 Å². The predicted octanol–water partition coefficient (Wildman–Crippen LogP) is 3.37. The molecule has 4 heteroatoms. The number of fused-ring (bicyclic) bond motifs is 1. The second-order valence-corrected chi connectivity index (χ2v) is 6.85. The highest BCUT2D eigenvalue weighted by Crippen LogP contribution is 2.13. The molecule has 1 atom stereocenters. The minimum atomic E-state index is -0.102. The highest BCUT2D eigenvalue weighted by Gasteiger charge is 2.13. The van der Waals surface area contributed by atoms with Gasteiger partial charge >= 0.3 is 0 Å². The van der Waals surface area contributed by atoms with E-state index in [1.807, 2.05) is 62.4 Å². The maximum absolute atomic E-state index is 12.3. The van der Waals surface area contributed by atoms with Crippen LogP contribution in [0.4, 0.5) is 0 Å². The molecule has 1 unspecified atom stereocenters. The largest absolute Gasteiger partial charge is 0.356 e. The predicted molar refractivity (Wildman–Crippen MR) is 105 cm³/mol. The van der Waals surface area contributed by atoms with E-state index in [0.717, 1.165) is 22.0 Å². The third kappa shape index (κ3) is 4.39. The summed E-state index contributed by atoms with van der Waals surface area (Å²) >= 11 is 0. The Morgan fingerprint density at radius 3 is 2.65 bits per heavy atom. The summed E-state index contributed by atoms with van der Waals surface area (Å²) in [5, 5.41) is 3.96. The van der Waals surface area contributed by atoms with Crippen LogP contribution >= 0.6 is 0 Å². The Hall–Kier alpha value is -2.88. The van der Waals surface area contributed by atoms with Crippen LogP contribution in [-0.4, -0.2) is 17.4 Å². The lowest BCUT2D eigenvalue weighted by atomic mass is 10.0. The fourth-order valence-corrected chi connectivity index (χ4v) is 3.11. The first kappa shape index (κ1) is 17.9. The van der Waals surface area contributed by atoms with Crippen LogP contribution in [0.25, 0.3) is 10.9 Å². The van der Waals surface area contributed by atoms with Crippen molar-refractivity contribution in [1.82, 2.24) is 10.3 Å². The molecule has 2 N–H and O–H groups in total. The molecule has 2 aromatic carbocycles. The number of pyridine rings is 1. The third-order valence-electron chi connectivity index (χ3n) is 4.60. The van der Waals surface area contributed by atoms with Crippen LogP contribution in [0.15, 0.2) is 59.4 Å². The quantitative estimate of drug-likeness (QED) is 0.717. The van der Waals surface area contributed by atoms with Gasteiger partial charge in [0.05, 0.1) is 0 Å². The van der Waals surface area contributed by atoms with Crippen LogP contribution in [0.3, 0.4) is 0 Å². The van der Waals surface area contributed by atoms with Gasteiger partial charge in [0.2, 0.25) is 5.91 Å². The molecule has 26 heavy (non-hydrogen) atoms. The second kappa shape index (κ2) is 8.00. The molecule has 1 aromatic heterocycles. The molecule has 0 fully saturated rings. The molecule has 0 saturated heterocycles. The first-order valence-corrected chi connectivity index (χ1v) is 8.97. The maximum Gasteiger partial charge on any atom is 0.251 e. The van der Waals surface area contributed by atoms with Crippen LogP contribution in [0.1, 0.15) is 23.6 Å². The smallest absolute Gasteiger partial charge is 0.251 e. The third-order valence-corrected chi connectivity index (χ3v) is 4.60.